The number of rotatable bonds is 8. The van der Waals surface area contributed by atoms with Gasteiger partial charge >= 0.3 is 0 Å². The minimum atomic E-state index is -4.08. The van der Waals surface area contributed by atoms with Crippen LogP contribution in [0, 0.1) is 5.82 Å². The molecule has 11 heteroatoms. The van der Waals surface area contributed by atoms with E-state index in [1.165, 1.54) is 24.4 Å². The predicted octanol–water partition coefficient (Wildman–Crippen LogP) is 4.92. The molecule has 1 aromatic carbocycles. The fraction of sp³-hybridized carbons (Fsp3) is 0.320. The molecule has 0 saturated heterocycles. The Bertz CT molecular complexity index is 1310. The van der Waals surface area contributed by atoms with E-state index >= 15 is 0 Å². The van der Waals surface area contributed by atoms with E-state index in [-0.39, 0.29) is 10.7 Å². The Kier molecular flexibility index (Phi) is 8.17. The summed E-state index contributed by atoms with van der Waals surface area (Å²) in [5, 5.41) is 2.96. The van der Waals surface area contributed by atoms with Gasteiger partial charge in [-0.2, -0.15) is 0 Å². The summed E-state index contributed by atoms with van der Waals surface area (Å²) in [6.45, 7) is 0. The van der Waals surface area contributed by atoms with E-state index < -0.39 is 20.9 Å². The van der Waals surface area contributed by atoms with Gasteiger partial charge < -0.3 is 10.2 Å². The van der Waals surface area contributed by atoms with Crippen molar-refractivity contribution in [3.63, 3.8) is 0 Å². The Balaban J connectivity index is 1.33. The molecule has 0 bridgehead atoms. The molecule has 1 saturated carbocycles. The molecule has 1 fully saturated rings. The zero-order valence-electron chi connectivity index (χ0n) is 20.0. The van der Waals surface area contributed by atoms with Crippen molar-refractivity contribution in [2.45, 2.75) is 42.7 Å². The topological polar surface area (TPSA) is 100 Å². The summed E-state index contributed by atoms with van der Waals surface area (Å²) in [4.78, 5) is 14.9. The Labute approximate surface area is 215 Å². The standard InChI is InChI=1S/C25H28ClFN6O2S/c1-33(2)20-11-9-19(10-12-20)31-25-29-15-18(16-30-25)7-6-17-8-13-23(28-14-17)32-36(34,35)22-5-3-4-21(27)24(22)26/h3-8,13-16,19-20H,9-12H2,1-2H3,(H,28,32)(H,29,30,31)/b7-6+/t19-,20-. The fourth-order valence-corrected chi connectivity index (χ4v) is 5.59. The lowest BCUT2D eigenvalue weighted by Crippen LogP contribution is -2.36. The van der Waals surface area contributed by atoms with Crippen LogP contribution in [0.2, 0.25) is 5.02 Å². The summed E-state index contributed by atoms with van der Waals surface area (Å²) in [5.41, 5.74) is 1.57. The Morgan fingerprint density at radius 1 is 0.972 bits per heavy atom. The van der Waals surface area contributed by atoms with Crippen LogP contribution in [0.3, 0.4) is 0 Å². The minimum absolute atomic E-state index is 0.0888. The first-order chi connectivity index (χ1) is 17.2. The number of nitrogens with zero attached hydrogens (tertiary/aromatic N) is 4. The van der Waals surface area contributed by atoms with Gasteiger partial charge in [0.2, 0.25) is 5.95 Å². The van der Waals surface area contributed by atoms with Crippen LogP contribution in [-0.2, 0) is 10.0 Å². The monoisotopic (exact) mass is 530 g/mol. The number of aromatic nitrogens is 3. The van der Waals surface area contributed by atoms with Gasteiger partial charge in [-0.15, -0.1) is 0 Å². The van der Waals surface area contributed by atoms with E-state index in [1.807, 2.05) is 12.2 Å². The van der Waals surface area contributed by atoms with E-state index in [0.717, 1.165) is 42.9 Å². The molecule has 3 aromatic rings. The van der Waals surface area contributed by atoms with E-state index in [0.29, 0.717) is 18.0 Å². The van der Waals surface area contributed by atoms with Crippen molar-refractivity contribution in [2.75, 3.05) is 24.1 Å². The fourth-order valence-electron chi connectivity index (χ4n) is 4.06. The number of hydrogen-bond donors (Lipinski definition) is 2. The largest absolute Gasteiger partial charge is 0.351 e. The maximum absolute atomic E-state index is 13.6. The van der Waals surface area contributed by atoms with E-state index in [4.69, 9.17) is 11.6 Å². The van der Waals surface area contributed by atoms with Crippen LogP contribution < -0.4 is 10.0 Å². The number of anilines is 2. The molecule has 2 N–H and O–H groups in total. The average molecular weight is 531 g/mol. The van der Waals surface area contributed by atoms with Gasteiger partial charge in [0.15, 0.2) is 0 Å². The van der Waals surface area contributed by atoms with Gasteiger partial charge in [0.1, 0.15) is 16.5 Å². The van der Waals surface area contributed by atoms with Crippen LogP contribution in [0.4, 0.5) is 16.2 Å². The Morgan fingerprint density at radius 3 is 2.28 bits per heavy atom. The first kappa shape index (κ1) is 26.0. The number of nitrogens with one attached hydrogen (secondary N) is 2. The van der Waals surface area contributed by atoms with Gasteiger partial charge in [0.05, 0.1) is 5.02 Å². The maximum atomic E-state index is 13.6. The molecule has 190 valence electrons. The summed E-state index contributed by atoms with van der Waals surface area (Å²) >= 11 is 5.80. The smallest absolute Gasteiger partial charge is 0.264 e. The summed E-state index contributed by atoms with van der Waals surface area (Å²) in [6.07, 6.45) is 13.2. The SMILES string of the molecule is CN(C)[C@H]1CC[C@H](Nc2ncc(/C=C/c3ccc(NS(=O)(=O)c4cccc(F)c4Cl)nc3)cn2)CC1. The first-order valence-corrected chi connectivity index (χ1v) is 13.4. The summed E-state index contributed by atoms with van der Waals surface area (Å²) in [7, 11) is 0.177. The van der Waals surface area contributed by atoms with Crippen LogP contribution in [0.25, 0.3) is 12.2 Å². The molecule has 1 aliphatic rings. The molecule has 2 aromatic heterocycles. The highest BCUT2D eigenvalue weighted by Crippen LogP contribution is 2.26. The predicted molar refractivity (Wildman–Crippen MR) is 141 cm³/mol. The lowest BCUT2D eigenvalue weighted by atomic mass is 9.91. The summed E-state index contributed by atoms with van der Waals surface area (Å²) < 4.78 is 41.0. The lowest BCUT2D eigenvalue weighted by Gasteiger charge is -2.32. The van der Waals surface area contributed by atoms with Gasteiger partial charge in [0, 0.05) is 36.2 Å². The van der Waals surface area contributed by atoms with E-state index in [2.05, 4.69) is 44.0 Å². The Hall–Kier alpha value is -3.08. The van der Waals surface area contributed by atoms with Crippen LogP contribution in [0.15, 0.2) is 53.8 Å². The molecule has 8 nitrogen and oxygen atoms in total. The van der Waals surface area contributed by atoms with Crippen molar-refractivity contribution in [1.82, 2.24) is 19.9 Å². The van der Waals surface area contributed by atoms with Crippen LogP contribution in [-0.4, -0.2) is 54.4 Å². The molecular weight excluding hydrogens is 503 g/mol. The highest BCUT2D eigenvalue weighted by molar-refractivity contribution is 7.92. The third-order valence-electron chi connectivity index (χ3n) is 6.13. The Morgan fingerprint density at radius 2 is 1.64 bits per heavy atom. The van der Waals surface area contributed by atoms with Gasteiger partial charge in [-0.05, 0) is 69.6 Å². The average Bonchev–Trinajstić information content (AvgIpc) is 2.86. The second-order valence-corrected chi connectivity index (χ2v) is 10.9. The van der Waals surface area contributed by atoms with Crippen molar-refractivity contribution in [1.29, 1.82) is 0 Å². The summed E-state index contributed by atoms with van der Waals surface area (Å²) in [6, 6.07) is 7.85. The molecule has 2 heterocycles. The molecule has 0 amide bonds. The second kappa shape index (κ2) is 11.3. The van der Waals surface area contributed by atoms with Gasteiger partial charge in [0.25, 0.3) is 10.0 Å². The maximum Gasteiger partial charge on any atom is 0.264 e. The number of halogens is 2. The number of benzene rings is 1. The number of hydrogen-bond acceptors (Lipinski definition) is 7. The molecule has 0 unspecified atom stereocenters. The molecule has 0 atom stereocenters. The highest BCUT2D eigenvalue weighted by Gasteiger charge is 2.23. The summed E-state index contributed by atoms with van der Waals surface area (Å²) in [5.74, 6) is -0.101. The third-order valence-corrected chi connectivity index (χ3v) is 8.02. The molecule has 0 aliphatic heterocycles. The van der Waals surface area contributed by atoms with Gasteiger partial charge in [-0.1, -0.05) is 29.8 Å². The van der Waals surface area contributed by atoms with E-state index in [9.17, 15) is 12.8 Å². The minimum Gasteiger partial charge on any atom is -0.351 e. The molecular formula is C25H28ClFN6O2S. The lowest BCUT2D eigenvalue weighted by molar-refractivity contribution is 0.221. The van der Waals surface area contributed by atoms with Crippen molar-refractivity contribution < 1.29 is 12.8 Å². The number of pyridine rings is 1. The van der Waals surface area contributed by atoms with Crippen LogP contribution in [0.5, 0.6) is 0 Å². The highest BCUT2D eigenvalue weighted by atomic mass is 35.5. The van der Waals surface area contributed by atoms with Crippen LogP contribution >= 0.6 is 11.6 Å². The molecule has 1 aliphatic carbocycles. The molecule has 0 spiro atoms. The third kappa shape index (κ3) is 6.57. The normalized spacial score (nSPS) is 18.5. The van der Waals surface area contributed by atoms with Crippen molar-refractivity contribution >= 4 is 45.5 Å². The molecule has 36 heavy (non-hydrogen) atoms. The van der Waals surface area contributed by atoms with E-state index in [1.54, 1.807) is 18.5 Å². The van der Waals surface area contributed by atoms with Gasteiger partial charge in [-0.3, -0.25) is 4.72 Å². The first-order valence-electron chi connectivity index (χ1n) is 11.6. The van der Waals surface area contributed by atoms with Gasteiger partial charge in [-0.25, -0.2) is 27.8 Å². The number of sulfonamides is 1. The molecule has 0 radical (unpaired) electrons. The molecule has 4 rings (SSSR count). The van der Waals surface area contributed by atoms with Crippen LogP contribution in [0.1, 0.15) is 36.8 Å². The van der Waals surface area contributed by atoms with Crippen molar-refractivity contribution in [3.8, 4) is 0 Å². The quantitative estimate of drug-likeness (QED) is 0.426. The zero-order chi connectivity index (χ0) is 25.7. The van der Waals surface area contributed by atoms with Crippen molar-refractivity contribution in [2.24, 2.45) is 0 Å². The zero-order valence-corrected chi connectivity index (χ0v) is 21.6. The second-order valence-electron chi connectivity index (χ2n) is 8.92. The van der Waals surface area contributed by atoms with Crippen molar-refractivity contribution in [3.05, 3.63) is 70.9 Å².